The summed E-state index contributed by atoms with van der Waals surface area (Å²) in [5.41, 5.74) is 7.52. The predicted molar refractivity (Wildman–Crippen MR) is 78.9 cm³/mol. The summed E-state index contributed by atoms with van der Waals surface area (Å²) in [6.45, 7) is 1.96. The first kappa shape index (κ1) is 14.2. The molecule has 0 saturated heterocycles. The number of amides is 1. The van der Waals surface area contributed by atoms with Gasteiger partial charge in [-0.1, -0.05) is 30.3 Å². The molecule has 0 bridgehead atoms. The van der Waals surface area contributed by atoms with E-state index in [0.29, 0.717) is 6.42 Å². The number of rotatable bonds is 6. The number of carbonyl (C=O) groups excluding carboxylic acids is 1. The summed E-state index contributed by atoms with van der Waals surface area (Å²) < 4.78 is 0. The van der Waals surface area contributed by atoms with Crippen LogP contribution in [0.4, 0.5) is 0 Å². The molecule has 20 heavy (non-hydrogen) atoms. The smallest absolute Gasteiger partial charge is 0.218 e. The second-order valence-corrected chi connectivity index (χ2v) is 4.86. The van der Waals surface area contributed by atoms with Gasteiger partial charge in [0.15, 0.2) is 0 Å². The fraction of sp³-hybridized carbons (Fsp3) is 0.250. The van der Waals surface area contributed by atoms with E-state index in [1.54, 1.807) is 12.4 Å². The van der Waals surface area contributed by atoms with Gasteiger partial charge in [-0.25, -0.2) is 0 Å². The Hall–Kier alpha value is -2.20. The van der Waals surface area contributed by atoms with Crippen LogP contribution in [-0.4, -0.2) is 16.9 Å². The van der Waals surface area contributed by atoms with Gasteiger partial charge in [0, 0.05) is 24.9 Å². The molecule has 1 aromatic carbocycles. The van der Waals surface area contributed by atoms with Gasteiger partial charge in [-0.05, 0) is 30.2 Å². The highest BCUT2D eigenvalue weighted by molar-refractivity contribution is 5.74. The van der Waals surface area contributed by atoms with Gasteiger partial charge < -0.3 is 11.1 Å². The third-order valence-electron chi connectivity index (χ3n) is 3.13. The van der Waals surface area contributed by atoms with E-state index in [4.69, 9.17) is 5.73 Å². The number of aromatic nitrogens is 1. The van der Waals surface area contributed by atoms with Gasteiger partial charge >= 0.3 is 0 Å². The van der Waals surface area contributed by atoms with Crippen molar-refractivity contribution in [2.24, 2.45) is 5.73 Å². The molecule has 0 aliphatic heterocycles. The predicted octanol–water partition coefficient (Wildman–Crippen LogP) is 2.02. The first-order chi connectivity index (χ1) is 9.66. The molecule has 1 heterocycles. The molecule has 2 atom stereocenters. The minimum absolute atomic E-state index is 0.00544. The lowest BCUT2D eigenvalue weighted by molar-refractivity contribution is -0.118. The van der Waals surface area contributed by atoms with Gasteiger partial charge in [-0.3, -0.25) is 9.78 Å². The van der Waals surface area contributed by atoms with Crippen LogP contribution < -0.4 is 11.1 Å². The zero-order valence-electron chi connectivity index (χ0n) is 11.5. The fourth-order valence-corrected chi connectivity index (χ4v) is 2.23. The zero-order valence-corrected chi connectivity index (χ0v) is 11.5. The minimum Gasteiger partial charge on any atom is -0.370 e. The van der Waals surface area contributed by atoms with E-state index in [9.17, 15) is 4.79 Å². The van der Waals surface area contributed by atoms with E-state index >= 15 is 0 Å². The first-order valence-electron chi connectivity index (χ1n) is 6.66. The van der Waals surface area contributed by atoms with E-state index in [2.05, 4.69) is 22.4 Å². The van der Waals surface area contributed by atoms with Crippen LogP contribution in [0.15, 0.2) is 54.9 Å². The van der Waals surface area contributed by atoms with Crippen molar-refractivity contribution in [3.05, 3.63) is 66.0 Å². The zero-order chi connectivity index (χ0) is 14.4. The van der Waals surface area contributed by atoms with Crippen LogP contribution in [0.1, 0.15) is 30.5 Å². The molecule has 2 unspecified atom stereocenters. The van der Waals surface area contributed by atoms with Crippen molar-refractivity contribution in [3.8, 4) is 0 Å². The molecule has 1 amide bonds. The summed E-state index contributed by atoms with van der Waals surface area (Å²) in [6.07, 6.45) is 3.85. The Balaban J connectivity index is 2.24. The lowest BCUT2D eigenvalue weighted by Gasteiger charge is -2.23. The van der Waals surface area contributed by atoms with Crippen LogP contribution in [0.2, 0.25) is 0 Å². The Morgan fingerprint density at radius 2 is 1.75 bits per heavy atom. The molecule has 2 rings (SSSR count). The molecule has 104 valence electrons. The molecule has 0 aliphatic carbocycles. The summed E-state index contributed by atoms with van der Waals surface area (Å²) in [7, 11) is 0. The number of hydrogen-bond donors (Lipinski definition) is 2. The van der Waals surface area contributed by atoms with Crippen molar-refractivity contribution in [1.82, 2.24) is 10.3 Å². The van der Waals surface area contributed by atoms with E-state index in [1.807, 2.05) is 37.3 Å². The molecule has 4 heteroatoms. The summed E-state index contributed by atoms with van der Waals surface area (Å²) in [6, 6.07) is 14.1. The van der Waals surface area contributed by atoms with Crippen molar-refractivity contribution in [2.75, 3.05) is 0 Å². The number of benzene rings is 1. The monoisotopic (exact) mass is 269 g/mol. The Bertz CT molecular complexity index is 503. The number of hydrogen-bond acceptors (Lipinski definition) is 3. The topological polar surface area (TPSA) is 68.0 Å². The average molecular weight is 269 g/mol. The molecule has 0 fully saturated rings. The summed E-state index contributed by atoms with van der Waals surface area (Å²) in [4.78, 5) is 15.1. The Morgan fingerprint density at radius 3 is 2.35 bits per heavy atom. The summed E-state index contributed by atoms with van der Waals surface area (Å²) in [5.74, 6) is -0.299. The van der Waals surface area contributed by atoms with Crippen molar-refractivity contribution in [3.63, 3.8) is 0 Å². The third kappa shape index (κ3) is 3.90. The molecule has 2 aromatic rings. The SMILES string of the molecule is CC(CC(N)=O)NC(c1ccccc1)c1ccncc1. The van der Waals surface area contributed by atoms with Gasteiger partial charge in [0.1, 0.15) is 0 Å². The summed E-state index contributed by atoms with van der Waals surface area (Å²) >= 11 is 0. The highest BCUT2D eigenvalue weighted by Gasteiger charge is 2.17. The Morgan fingerprint density at radius 1 is 1.15 bits per heavy atom. The van der Waals surface area contributed by atoms with Crippen LogP contribution in [0.25, 0.3) is 0 Å². The van der Waals surface area contributed by atoms with Crippen molar-refractivity contribution in [1.29, 1.82) is 0 Å². The molecule has 0 saturated carbocycles. The fourth-order valence-electron chi connectivity index (χ4n) is 2.23. The van der Waals surface area contributed by atoms with Gasteiger partial charge in [0.25, 0.3) is 0 Å². The number of nitrogens with two attached hydrogens (primary N) is 1. The van der Waals surface area contributed by atoms with E-state index in [1.165, 1.54) is 0 Å². The van der Waals surface area contributed by atoms with Gasteiger partial charge in [0.2, 0.25) is 5.91 Å². The van der Waals surface area contributed by atoms with Gasteiger partial charge in [-0.15, -0.1) is 0 Å². The van der Waals surface area contributed by atoms with Crippen LogP contribution in [0.5, 0.6) is 0 Å². The van der Waals surface area contributed by atoms with E-state index < -0.39 is 0 Å². The minimum atomic E-state index is -0.299. The lowest BCUT2D eigenvalue weighted by atomic mass is 9.98. The normalized spacial score (nSPS) is 13.7. The second-order valence-electron chi connectivity index (χ2n) is 4.86. The Kier molecular flexibility index (Phi) is 4.85. The van der Waals surface area contributed by atoms with Crippen LogP contribution in [0, 0.1) is 0 Å². The largest absolute Gasteiger partial charge is 0.370 e. The molecule has 1 aromatic heterocycles. The highest BCUT2D eigenvalue weighted by Crippen LogP contribution is 2.22. The van der Waals surface area contributed by atoms with Gasteiger partial charge in [-0.2, -0.15) is 0 Å². The molecular formula is C16H19N3O. The maximum atomic E-state index is 11.0. The van der Waals surface area contributed by atoms with Crippen molar-refractivity contribution >= 4 is 5.91 Å². The number of primary amides is 1. The molecule has 0 spiro atoms. The molecular weight excluding hydrogens is 250 g/mol. The molecule has 4 nitrogen and oxygen atoms in total. The average Bonchev–Trinajstić information content (AvgIpc) is 2.46. The molecule has 0 aliphatic rings. The molecule has 3 N–H and O–H groups in total. The number of pyridine rings is 1. The van der Waals surface area contributed by atoms with Crippen LogP contribution in [0.3, 0.4) is 0 Å². The quantitative estimate of drug-likeness (QED) is 0.843. The highest BCUT2D eigenvalue weighted by atomic mass is 16.1. The van der Waals surface area contributed by atoms with Crippen LogP contribution in [-0.2, 0) is 4.79 Å². The maximum Gasteiger partial charge on any atom is 0.218 e. The van der Waals surface area contributed by atoms with Crippen molar-refractivity contribution < 1.29 is 4.79 Å². The Labute approximate surface area is 119 Å². The van der Waals surface area contributed by atoms with Crippen LogP contribution >= 0.6 is 0 Å². The van der Waals surface area contributed by atoms with E-state index in [0.717, 1.165) is 11.1 Å². The number of carbonyl (C=O) groups is 1. The number of nitrogens with zero attached hydrogens (tertiary/aromatic N) is 1. The summed E-state index contributed by atoms with van der Waals surface area (Å²) in [5, 5.41) is 3.45. The van der Waals surface area contributed by atoms with Gasteiger partial charge in [0.05, 0.1) is 6.04 Å². The number of nitrogens with one attached hydrogen (secondary N) is 1. The maximum absolute atomic E-state index is 11.0. The van der Waals surface area contributed by atoms with E-state index in [-0.39, 0.29) is 18.0 Å². The second kappa shape index (κ2) is 6.82. The third-order valence-corrected chi connectivity index (χ3v) is 3.13. The first-order valence-corrected chi connectivity index (χ1v) is 6.66. The molecule has 0 radical (unpaired) electrons. The van der Waals surface area contributed by atoms with Crippen molar-refractivity contribution in [2.45, 2.75) is 25.4 Å². The standard InChI is InChI=1S/C16H19N3O/c1-12(11-15(17)20)19-16(13-5-3-2-4-6-13)14-7-9-18-10-8-14/h2-10,12,16,19H,11H2,1H3,(H2,17,20). The lowest BCUT2D eigenvalue weighted by Crippen LogP contribution is -2.34.